The summed E-state index contributed by atoms with van der Waals surface area (Å²) >= 11 is 0. The van der Waals surface area contributed by atoms with Gasteiger partial charge in [0.15, 0.2) is 5.78 Å². The van der Waals surface area contributed by atoms with Gasteiger partial charge in [0.2, 0.25) is 0 Å². The van der Waals surface area contributed by atoms with Crippen LogP contribution in [0.3, 0.4) is 0 Å². The highest BCUT2D eigenvalue weighted by molar-refractivity contribution is 6.09. The Morgan fingerprint density at radius 1 is 0.854 bits per heavy atom. The molecule has 0 bridgehead atoms. The molecule has 0 N–H and O–H groups in total. The maximum Gasteiger partial charge on any atom is 0.315 e. The molecule has 1 saturated carbocycles. The number of para-hydroxylation sites is 1. The number of Topliss-reactive ketones (excluding diaryl/α,β-unsaturated/α-hetero) is 1. The smallest absolute Gasteiger partial charge is 0.315 e. The van der Waals surface area contributed by atoms with E-state index in [1.165, 1.54) is 6.42 Å². The second kappa shape index (κ2) is 12.3. The van der Waals surface area contributed by atoms with Crippen molar-refractivity contribution in [1.82, 2.24) is 0 Å². The minimum Gasteiger partial charge on any atom is -0.489 e. The first kappa shape index (κ1) is 27.2. The molecule has 210 valence electrons. The lowest BCUT2D eigenvalue weighted by Crippen LogP contribution is -2.39. The molecule has 0 amide bonds. The molecule has 2 aliphatic carbocycles. The highest BCUT2D eigenvalue weighted by Crippen LogP contribution is 2.49. The van der Waals surface area contributed by atoms with Crippen molar-refractivity contribution in [3.63, 3.8) is 0 Å². The normalized spacial score (nSPS) is 23.0. The lowest BCUT2D eigenvalue weighted by atomic mass is 9.69. The van der Waals surface area contributed by atoms with Gasteiger partial charge in [-0.05, 0) is 62.1 Å². The Morgan fingerprint density at radius 3 is 2.29 bits per heavy atom. The Hall–Kier alpha value is -3.99. The zero-order chi connectivity index (χ0) is 28.2. The lowest BCUT2D eigenvalue weighted by Gasteiger charge is -2.37. The Labute approximate surface area is 242 Å². The molecule has 5 nitrogen and oxygen atoms in total. The van der Waals surface area contributed by atoms with E-state index in [-0.39, 0.29) is 23.8 Å². The van der Waals surface area contributed by atoms with Crippen LogP contribution in [0.4, 0.5) is 0 Å². The number of carbonyl (C=O) groups is 2. The predicted molar refractivity (Wildman–Crippen MR) is 160 cm³/mol. The maximum absolute atomic E-state index is 14.0. The highest BCUT2D eigenvalue weighted by Gasteiger charge is 2.46. The number of ether oxygens (including phenoxy) is 2. The maximum atomic E-state index is 14.0. The van der Waals surface area contributed by atoms with Gasteiger partial charge in [-0.25, -0.2) is 0 Å². The largest absolute Gasteiger partial charge is 0.489 e. The van der Waals surface area contributed by atoms with Crippen molar-refractivity contribution in [2.24, 2.45) is 10.9 Å². The summed E-state index contributed by atoms with van der Waals surface area (Å²) in [7, 11) is 0. The first-order valence-electron chi connectivity index (χ1n) is 14.9. The molecule has 1 aliphatic heterocycles. The van der Waals surface area contributed by atoms with Gasteiger partial charge >= 0.3 is 5.97 Å². The second-order valence-electron chi connectivity index (χ2n) is 11.5. The molecule has 3 aromatic carbocycles. The SMILES string of the molecule is CC1=NC2=C(C(=O)C[C@@H](c3ccccc3)C2)[C@H](c2ccccc2OCc2ccccc2)C1C(=O)OC1CCCCC1. The third-order valence-corrected chi connectivity index (χ3v) is 8.74. The number of esters is 1. The average molecular weight is 548 g/mol. The van der Waals surface area contributed by atoms with Crippen LogP contribution >= 0.6 is 0 Å². The van der Waals surface area contributed by atoms with Crippen molar-refractivity contribution in [1.29, 1.82) is 0 Å². The summed E-state index contributed by atoms with van der Waals surface area (Å²) in [5.41, 5.74) is 5.16. The molecule has 3 aliphatic rings. The van der Waals surface area contributed by atoms with E-state index in [2.05, 4.69) is 12.1 Å². The van der Waals surface area contributed by atoms with E-state index in [9.17, 15) is 9.59 Å². The number of allylic oxidation sites excluding steroid dienone is 2. The molecule has 41 heavy (non-hydrogen) atoms. The van der Waals surface area contributed by atoms with E-state index in [0.717, 1.165) is 48.1 Å². The number of rotatable bonds is 7. The first-order valence-corrected chi connectivity index (χ1v) is 14.9. The number of hydrogen-bond acceptors (Lipinski definition) is 5. The first-order chi connectivity index (χ1) is 20.1. The fourth-order valence-electron chi connectivity index (χ4n) is 6.69. The number of ketones is 1. The summed E-state index contributed by atoms with van der Waals surface area (Å²) < 4.78 is 12.5. The van der Waals surface area contributed by atoms with E-state index in [4.69, 9.17) is 14.5 Å². The molecular weight excluding hydrogens is 510 g/mol. The standard InChI is InChI=1S/C36H37NO4/c1-24-33(36(39)41-28-17-9-4-10-18-28)34(29-19-11-12-20-32(29)40-23-25-13-5-2-6-14-25)35-30(37-24)21-27(22-31(35)38)26-15-7-3-8-16-26/h2-3,5-8,11-16,19-20,27-28,33-34H,4,9-10,17-18,21-23H2,1H3/t27-,33?,34+/m0/s1. The molecule has 1 heterocycles. The average Bonchev–Trinajstić information content (AvgIpc) is 3.01. The Balaban J connectivity index is 1.39. The second-order valence-corrected chi connectivity index (χ2v) is 11.5. The fourth-order valence-corrected chi connectivity index (χ4v) is 6.69. The van der Waals surface area contributed by atoms with Gasteiger partial charge in [-0.3, -0.25) is 14.6 Å². The van der Waals surface area contributed by atoms with Crippen LogP contribution in [0.25, 0.3) is 0 Å². The number of aliphatic imine (C=N–C) groups is 1. The van der Waals surface area contributed by atoms with Gasteiger partial charge in [0.1, 0.15) is 24.4 Å². The minimum atomic E-state index is -0.672. The summed E-state index contributed by atoms with van der Waals surface area (Å²) in [6.45, 7) is 2.30. The Kier molecular flexibility index (Phi) is 8.13. The van der Waals surface area contributed by atoms with Crippen LogP contribution in [-0.2, 0) is 20.9 Å². The summed E-state index contributed by atoms with van der Waals surface area (Å²) in [6.07, 6.45) is 6.09. The zero-order valence-electron chi connectivity index (χ0n) is 23.6. The quantitative estimate of drug-likeness (QED) is 0.284. The van der Waals surface area contributed by atoms with Gasteiger partial charge in [0.05, 0.1) is 0 Å². The lowest BCUT2D eigenvalue weighted by molar-refractivity contribution is -0.153. The van der Waals surface area contributed by atoms with Crippen LogP contribution in [0.1, 0.15) is 80.4 Å². The van der Waals surface area contributed by atoms with Crippen LogP contribution in [-0.4, -0.2) is 23.6 Å². The molecule has 3 atom stereocenters. The number of carbonyl (C=O) groups excluding carboxylic acids is 2. The Morgan fingerprint density at radius 2 is 1.54 bits per heavy atom. The van der Waals surface area contributed by atoms with Crippen molar-refractivity contribution in [3.8, 4) is 5.75 Å². The van der Waals surface area contributed by atoms with E-state index < -0.39 is 11.8 Å². The van der Waals surface area contributed by atoms with Crippen LogP contribution in [0.2, 0.25) is 0 Å². The molecule has 0 spiro atoms. The van der Waals surface area contributed by atoms with Crippen LogP contribution in [0, 0.1) is 5.92 Å². The molecule has 5 heteroatoms. The number of hydrogen-bond donors (Lipinski definition) is 0. The van der Waals surface area contributed by atoms with Gasteiger partial charge in [0.25, 0.3) is 0 Å². The molecular formula is C36H37NO4. The summed E-state index contributed by atoms with van der Waals surface area (Å²) in [5.74, 6) is -0.671. The van der Waals surface area contributed by atoms with Crippen molar-refractivity contribution >= 4 is 17.5 Å². The third kappa shape index (κ3) is 5.90. The minimum absolute atomic E-state index is 0.0506. The number of benzene rings is 3. The van der Waals surface area contributed by atoms with Crippen LogP contribution in [0.15, 0.2) is 101 Å². The highest BCUT2D eigenvalue weighted by atomic mass is 16.5. The van der Waals surface area contributed by atoms with E-state index in [1.54, 1.807) is 0 Å². The molecule has 0 radical (unpaired) electrons. The van der Waals surface area contributed by atoms with E-state index >= 15 is 0 Å². The number of nitrogens with zero attached hydrogens (tertiary/aromatic N) is 1. The summed E-state index contributed by atoms with van der Waals surface area (Å²) in [5, 5.41) is 0. The Bertz CT molecular complexity index is 1450. The van der Waals surface area contributed by atoms with Crippen molar-refractivity contribution in [3.05, 3.63) is 113 Å². The molecule has 6 rings (SSSR count). The molecule has 1 fully saturated rings. The van der Waals surface area contributed by atoms with Crippen molar-refractivity contribution in [2.45, 2.75) is 76.4 Å². The van der Waals surface area contributed by atoms with Gasteiger partial charge in [0, 0.05) is 34.9 Å². The molecule has 0 saturated heterocycles. The molecule has 3 aromatic rings. The van der Waals surface area contributed by atoms with Gasteiger partial charge < -0.3 is 9.47 Å². The van der Waals surface area contributed by atoms with Crippen molar-refractivity contribution in [2.75, 3.05) is 0 Å². The third-order valence-electron chi connectivity index (χ3n) is 8.74. The monoisotopic (exact) mass is 547 g/mol. The zero-order valence-corrected chi connectivity index (χ0v) is 23.6. The van der Waals surface area contributed by atoms with Crippen LogP contribution < -0.4 is 4.74 Å². The van der Waals surface area contributed by atoms with Gasteiger partial charge in [-0.2, -0.15) is 0 Å². The van der Waals surface area contributed by atoms with E-state index in [1.807, 2.05) is 79.7 Å². The van der Waals surface area contributed by atoms with Crippen molar-refractivity contribution < 1.29 is 19.1 Å². The summed E-state index contributed by atoms with van der Waals surface area (Å²) in [6, 6.07) is 28.0. The van der Waals surface area contributed by atoms with Gasteiger partial charge in [-0.15, -0.1) is 0 Å². The van der Waals surface area contributed by atoms with E-state index in [0.29, 0.717) is 36.5 Å². The molecule has 1 unspecified atom stereocenters. The summed E-state index contributed by atoms with van der Waals surface area (Å²) in [4.78, 5) is 32.9. The predicted octanol–water partition coefficient (Wildman–Crippen LogP) is 7.72. The molecule has 0 aromatic heterocycles. The van der Waals surface area contributed by atoms with Crippen LogP contribution in [0.5, 0.6) is 5.75 Å². The van der Waals surface area contributed by atoms with Gasteiger partial charge in [-0.1, -0.05) is 85.3 Å². The topological polar surface area (TPSA) is 65.0 Å². The fraction of sp³-hybridized carbons (Fsp3) is 0.361.